The number of hydrogen-bond acceptors (Lipinski definition) is 7. The highest BCUT2D eigenvalue weighted by Gasteiger charge is 2.56. The van der Waals surface area contributed by atoms with Crippen molar-refractivity contribution in [2.24, 2.45) is 5.84 Å². The summed E-state index contributed by atoms with van der Waals surface area (Å²) in [7, 11) is 1.50. The van der Waals surface area contributed by atoms with Crippen LogP contribution in [-0.2, 0) is 21.1 Å². The van der Waals surface area contributed by atoms with Crippen LogP contribution in [0.15, 0.2) is 18.0 Å². The van der Waals surface area contributed by atoms with Crippen LogP contribution in [0, 0.1) is 0 Å². The topological polar surface area (TPSA) is 96.7 Å². The maximum Gasteiger partial charge on any atom is 0.471 e. The highest BCUT2D eigenvalue weighted by Crippen LogP contribution is 2.51. The van der Waals surface area contributed by atoms with Crippen LogP contribution in [0.3, 0.4) is 0 Å². The molecule has 0 aromatic carbocycles. The van der Waals surface area contributed by atoms with Crippen LogP contribution in [0.5, 0.6) is 0 Å². The second-order valence-corrected chi connectivity index (χ2v) is 9.02. The van der Waals surface area contributed by atoms with Gasteiger partial charge in [0, 0.05) is 49.5 Å². The lowest BCUT2D eigenvalue weighted by Crippen LogP contribution is -2.62. The highest BCUT2D eigenvalue weighted by atomic mass is 32.1. The van der Waals surface area contributed by atoms with Gasteiger partial charge in [-0.3, -0.25) is 15.4 Å². The Hall–Kier alpha value is -2.25. The van der Waals surface area contributed by atoms with Crippen LogP contribution in [-0.4, -0.2) is 48.5 Å². The number of piperidine rings is 1. The first-order valence-corrected chi connectivity index (χ1v) is 10.5. The van der Waals surface area contributed by atoms with Gasteiger partial charge in [-0.2, -0.15) is 13.2 Å². The SMILES string of the molecule is CN/C=C(\NN)[C@@H]1C[C@]2(C[C@H](C)N1C(=O)C(F)(F)F)OCC(=O)c1cc(C(C)(F)F)sc12. The lowest BCUT2D eigenvalue weighted by atomic mass is 9.77. The molecular weight excluding hydrogens is 459 g/mol. The third kappa shape index (κ3) is 4.20. The van der Waals surface area contributed by atoms with Crippen LogP contribution < -0.4 is 16.6 Å². The minimum atomic E-state index is -5.13. The average molecular weight is 482 g/mol. The van der Waals surface area contributed by atoms with Crippen LogP contribution in [0.4, 0.5) is 22.0 Å². The molecule has 1 saturated heterocycles. The van der Waals surface area contributed by atoms with Crippen molar-refractivity contribution in [1.82, 2.24) is 15.6 Å². The first-order valence-electron chi connectivity index (χ1n) is 9.68. The molecule has 2 aliphatic heterocycles. The van der Waals surface area contributed by atoms with Gasteiger partial charge >= 0.3 is 12.1 Å². The monoisotopic (exact) mass is 482 g/mol. The normalized spacial score (nSPS) is 26.8. The Morgan fingerprint density at radius 1 is 1.34 bits per heavy atom. The molecule has 3 atom stereocenters. The van der Waals surface area contributed by atoms with Crippen LogP contribution in [0.25, 0.3) is 0 Å². The lowest BCUT2D eigenvalue weighted by Gasteiger charge is -2.51. The van der Waals surface area contributed by atoms with E-state index >= 15 is 0 Å². The first-order chi connectivity index (χ1) is 14.7. The Labute approximate surface area is 184 Å². The van der Waals surface area contributed by atoms with Gasteiger partial charge in [-0.1, -0.05) is 0 Å². The Bertz CT molecular complexity index is 942. The summed E-state index contributed by atoms with van der Waals surface area (Å²) in [5.41, 5.74) is 1.11. The number of alkyl halides is 5. The molecule has 3 heterocycles. The number of nitrogens with zero attached hydrogens (tertiary/aromatic N) is 1. The Morgan fingerprint density at radius 2 is 2.00 bits per heavy atom. The molecule has 0 bridgehead atoms. The summed E-state index contributed by atoms with van der Waals surface area (Å²) in [6, 6.07) is -1.12. The van der Waals surface area contributed by atoms with Crippen molar-refractivity contribution in [3.8, 4) is 0 Å². The number of hydrogen-bond donors (Lipinski definition) is 3. The van der Waals surface area contributed by atoms with Gasteiger partial charge in [0.15, 0.2) is 5.78 Å². The number of hydrazine groups is 1. The van der Waals surface area contributed by atoms with Gasteiger partial charge in [0.25, 0.3) is 5.92 Å². The Kier molecular flexibility index (Phi) is 6.30. The van der Waals surface area contributed by atoms with Crippen molar-refractivity contribution in [1.29, 1.82) is 0 Å². The fourth-order valence-corrected chi connectivity index (χ4v) is 5.59. The molecule has 1 aromatic rings. The summed E-state index contributed by atoms with van der Waals surface area (Å²) in [4.78, 5) is 25.2. The molecule has 4 N–H and O–H groups in total. The molecule has 0 radical (unpaired) electrons. The fourth-order valence-electron chi connectivity index (χ4n) is 4.32. The summed E-state index contributed by atoms with van der Waals surface area (Å²) in [6.45, 7) is 1.70. The zero-order valence-corrected chi connectivity index (χ0v) is 18.3. The maximum absolute atomic E-state index is 14.0. The van der Waals surface area contributed by atoms with E-state index in [9.17, 15) is 31.5 Å². The zero-order valence-electron chi connectivity index (χ0n) is 17.5. The molecule has 7 nitrogen and oxygen atoms in total. The van der Waals surface area contributed by atoms with E-state index in [-0.39, 0.29) is 33.9 Å². The molecule has 3 rings (SSSR count). The summed E-state index contributed by atoms with van der Waals surface area (Å²) in [5.74, 6) is -0.220. The first kappa shape index (κ1) is 24.4. The molecule has 0 unspecified atom stereocenters. The van der Waals surface area contributed by atoms with Gasteiger partial charge in [-0.15, -0.1) is 11.3 Å². The highest BCUT2D eigenvalue weighted by molar-refractivity contribution is 7.12. The molecule has 1 spiro atoms. The van der Waals surface area contributed by atoms with E-state index in [1.807, 2.05) is 0 Å². The van der Waals surface area contributed by atoms with Crippen LogP contribution in [0.2, 0.25) is 0 Å². The summed E-state index contributed by atoms with van der Waals surface area (Å²) >= 11 is 0.695. The van der Waals surface area contributed by atoms with Crippen molar-refractivity contribution in [3.05, 3.63) is 33.3 Å². The number of halogens is 5. The number of carbonyl (C=O) groups is 2. The number of thiophene rings is 1. The van der Waals surface area contributed by atoms with Crippen molar-refractivity contribution in [2.75, 3.05) is 13.7 Å². The quantitative estimate of drug-likeness (QED) is 0.347. The molecule has 1 aromatic heterocycles. The van der Waals surface area contributed by atoms with E-state index in [2.05, 4.69) is 10.7 Å². The second-order valence-electron chi connectivity index (χ2n) is 7.96. The summed E-state index contributed by atoms with van der Waals surface area (Å²) in [6.07, 6.45) is -4.15. The number of fused-ring (bicyclic) bond motifs is 2. The molecular formula is C19H23F5N4O3S. The van der Waals surface area contributed by atoms with E-state index in [1.54, 1.807) is 0 Å². The van der Waals surface area contributed by atoms with Crippen LogP contribution in [0.1, 0.15) is 46.8 Å². The van der Waals surface area contributed by atoms with Crippen molar-refractivity contribution >= 4 is 23.0 Å². The van der Waals surface area contributed by atoms with E-state index in [0.29, 0.717) is 23.2 Å². The standard InChI is InChI=1S/C19H23F5N4O3S/c1-9-5-18(15-10(13(29)8-31-18)4-14(32-15)17(2,20)21)6-12(11(27-25)7-26-3)28(9)16(30)19(22,23)24/h4,7,9,12,26-27H,5-6,8,25H2,1-3H3/b11-7-/t9-,12-,18-/m0/s1. The van der Waals surface area contributed by atoms with Crippen LogP contribution >= 0.6 is 11.3 Å². The minimum absolute atomic E-state index is 0.0654. The smallest absolute Gasteiger partial charge is 0.392 e. The molecule has 2 aliphatic rings. The largest absolute Gasteiger partial charge is 0.471 e. The molecule has 1 fully saturated rings. The fraction of sp³-hybridized carbons (Fsp3) is 0.579. The summed E-state index contributed by atoms with van der Waals surface area (Å²) < 4.78 is 73.9. The number of amides is 1. The predicted octanol–water partition coefficient (Wildman–Crippen LogP) is 2.73. The Morgan fingerprint density at radius 3 is 2.53 bits per heavy atom. The van der Waals surface area contributed by atoms with E-state index in [4.69, 9.17) is 10.6 Å². The van der Waals surface area contributed by atoms with E-state index < -0.39 is 48.1 Å². The number of nitrogens with two attached hydrogens (primary N) is 1. The average Bonchev–Trinajstić information content (AvgIpc) is 3.15. The third-order valence-electron chi connectivity index (χ3n) is 5.62. The minimum Gasteiger partial charge on any atom is -0.392 e. The number of Topliss-reactive ketones (excluding diaryl/α,β-unsaturated/α-hetero) is 1. The number of ketones is 1. The Balaban J connectivity index is 2.14. The number of nitrogens with one attached hydrogen (secondary N) is 2. The van der Waals surface area contributed by atoms with Crippen molar-refractivity contribution < 1.29 is 36.3 Å². The molecule has 13 heteroatoms. The molecule has 0 saturated carbocycles. The molecule has 0 aliphatic carbocycles. The maximum atomic E-state index is 14.0. The number of likely N-dealkylation sites (tertiary alicyclic amines) is 1. The third-order valence-corrected chi connectivity index (χ3v) is 7.11. The van der Waals surface area contributed by atoms with Gasteiger partial charge < -0.3 is 20.4 Å². The number of rotatable bonds is 4. The lowest BCUT2D eigenvalue weighted by molar-refractivity contribution is -0.198. The molecule has 1 amide bonds. The number of ether oxygens (including phenoxy) is 1. The molecule has 178 valence electrons. The van der Waals surface area contributed by atoms with Gasteiger partial charge in [0.1, 0.15) is 12.2 Å². The van der Waals surface area contributed by atoms with Crippen molar-refractivity contribution in [3.63, 3.8) is 0 Å². The van der Waals surface area contributed by atoms with E-state index in [1.165, 1.54) is 20.2 Å². The summed E-state index contributed by atoms with van der Waals surface area (Å²) in [5, 5.41) is 2.66. The van der Waals surface area contributed by atoms with Crippen molar-refractivity contribution in [2.45, 2.75) is 56.5 Å². The zero-order chi connectivity index (χ0) is 24.1. The van der Waals surface area contributed by atoms with Gasteiger partial charge in [-0.25, -0.2) is 8.78 Å². The van der Waals surface area contributed by atoms with Gasteiger partial charge in [0.05, 0.1) is 16.6 Å². The van der Waals surface area contributed by atoms with Gasteiger partial charge in [-0.05, 0) is 13.0 Å². The van der Waals surface area contributed by atoms with Gasteiger partial charge in [0.2, 0.25) is 0 Å². The number of carbonyl (C=O) groups excluding carboxylic acids is 2. The molecule has 32 heavy (non-hydrogen) atoms. The predicted molar refractivity (Wildman–Crippen MR) is 106 cm³/mol. The second kappa shape index (κ2) is 8.27. The van der Waals surface area contributed by atoms with E-state index in [0.717, 1.165) is 6.07 Å².